The maximum Gasteiger partial charge on any atom is 0.335 e. The highest BCUT2D eigenvalue weighted by atomic mass is 16.4. The molecular weight excluding hydrogens is 440 g/mol. The Morgan fingerprint density at radius 1 is 1.00 bits per heavy atom. The maximum absolute atomic E-state index is 13.5. The molecule has 5 aromatic rings. The number of carbonyl (C=O) groups excluding carboxylic acids is 1. The number of nitrogens with one attached hydrogen (secondary N) is 1. The van der Waals surface area contributed by atoms with E-state index in [-0.39, 0.29) is 18.0 Å². The van der Waals surface area contributed by atoms with Gasteiger partial charge >= 0.3 is 5.97 Å². The molecule has 0 saturated carbocycles. The summed E-state index contributed by atoms with van der Waals surface area (Å²) in [5.74, 6) is -0.0676. The Kier molecular flexibility index (Phi) is 5.10. The number of para-hydroxylation sites is 2. The number of hydrogen-bond acceptors (Lipinski definition) is 3. The van der Waals surface area contributed by atoms with Crippen LogP contribution in [0.5, 0.6) is 0 Å². The van der Waals surface area contributed by atoms with E-state index in [9.17, 15) is 14.7 Å². The molecule has 2 aromatic heterocycles. The van der Waals surface area contributed by atoms with Crippen LogP contribution in [0.1, 0.15) is 33.0 Å². The molecule has 3 aromatic carbocycles. The Balaban J connectivity index is 1.30. The minimum absolute atomic E-state index is 0.0249. The van der Waals surface area contributed by atoms with Crippen LogP contribution in [0, 0.1) is 0 Å². The van der Waals surface area contributed by atoms with Crippen molar-refractivity contribution < 1.29 is 14.7 Å². The summed E-state index contributed by atoms with van der Waals surface area (Å²) in [7, 11) is 0. The molecule has 35 heavy (non-hydrogen) atoms. The Bertz CT molecular complexity index is 1580. The second kappa shape index (κ2) is 8.43. The van der Waals surface area contributed by atoms with E-state index in [1.807, 2.05) is 51.9 Å². The van der Waals surface area contributed by atoms with Gasteiger partial charge in [0.2, 0.25) is 5.91 Å². The lowest BCUT2D eigenvalue weighted by atomic mass is 10.0. The van der Waals surface area contributed by atoms with Crippen molar-refractivity contribution in [3.63, 3.8) is 0 Å². The fourth-order valence-corrected chi connectivity index (χ4v) is 5.01. The molecule has 7 heteroatoms. The molecule has 6 rings (SSSR count). The number of H-pyrrole nitrogens is 1. The molecule has 1 aliphatic heterocycles. The molecule has 1 aliphatic rings. The number of nitrogens with zero attached hydrogens (tertiary/aromatic N) is 3. The summed E-state index contributed by atoms with van der Waals surface area (Å²) in [6.45, 7) is 1.28. The lowest BCUT2D eigenvalue weighted by Gasteiger charge is -2.28. The summed E-state index contributed by atoms with van der Waals surface area (Å²) in [6.07, 6.45) is 1.35. The number of carboxylic acid groups (broad SMARTS) is 1. The second-order valence-corrected chi connectivity index (χ2v) is 8.98. The van der Waals surface area contributed by atoms with E-state index >= 15 is 0 Å². The number of fused-ring (bicyclic) bond motifs is 4. The number of hydrogen-bond donors (Lipinski definition) is 2. The van der Waals surface area contributed by atoms with Gasteiger partial charge in [-0.25, -0.2) is 9.78 Å². The Morgan fingerprint density at radius 2 is 1.80 bits per heavy atom. The van der Waals surface area contributed by atoms with Gasteiger partial charge in [0, 0.05) is 48.1 Å². The van der Waals surface area contributed by atoms with Gasteiger partial charge in [-0.15, -0.1) is 0 Å². The predicted octanol–water partition coefficient (Wildman–Crippen LogP) is 4.39. The third-order valence-electron chi connectivity index (χ3n) is 6.81. The van der Waals surface area contributed by atoms with Crippen LogP contribution in [0.25, 0.3) is 21.9 Å². The molecular formula is C28H24N4O3. The SMILES string of the molecule is O=C(O)c1ccc2[nH]c3c(c2c1)CN(C(=O)Cn1c(Cc2ccccc2)nc2ccccc21)CC3. The largest absolute Gasteiger partial charge is 0.478 e. The van der Waals surface area contributed by atoms with Crippen molar-refractivity contribution in [2.24, 2.45) is 0 Å². The van der Waals surface area contributed by atoms with Crippen molar-refractivity contribution in [2.45, 2.75) is 25.9 Å². The fourth-order valence-electron chi connectivity index (χ4n) is 5.01. The number of amides is 1. The summed E-state index contributed by atoms with van der Waals surface area (Å²) in [5.41, 5.74) is 6.20. The summed E-state index contributed by atoms with van der Waals surface area (Å²) in [4.78, 5) is 35.1. The van der Waals surface area contributed by atoms with Gasteiger partial charge in [0.15, 0.2) is 0 Å². The zero-order chi connectivity index (χ0) is 23.9. The van der Waals surface area contributed by atoms with E-state index in [0.717, 1.165) is 44.6 Å². The topological polar surface area (TPSA) is 91.2 Å². The fraction of sp³-hybridized carbons (Fsp3) is 0.179. The van der Waals surface area contributed by atoms with Gasteiger partial charge in [0.05, 0.1) is 16.6 Å². The van der Waals surface area contributed by atoms with Crippen LogP contribution in [-0.4, -0.2) is 43.0 Å². The Hall–Kier alpha value is -4.39. The van der Waals surface area contributed by atoms with Crippen molar-refractivity contribution in [3.05, 3.63) is 101 Å². The monoisotopic (exact) mass is 464 g/mol. The summed E-state index contributed by atoms with van der Waals surface area (Å²) in [6, 6.07) is 23.2. The number of aromatic nitrogens is 3. The smallest absolute Gasteiger partial charge is 0.335 e. The van der Waals surface area contributed by atoms with Gasteiger partial charge in [0.1, 0.15) is 12.4 Å². The van der Waals surface area contributed by atoms with Crippen molar-refractivity contribution in [1.29, 1.82) is 0 Å². The lowest BCUT2D eigenvalue weighted by molar-refractivity contribution is -0.132. The lowest BCUT2D eigenvalue weighted by Crippen LogP contribution is -2.38. The van der Waals surface area contributed by atoms with E-state index in [2.05, 4.69) is 17.1 Å². The second-order valence-electron chi connectivity index (χ2n) is 8.98. The molecule has 3 heterocycles. The number of aromatic carboxylic acids is 1. The van der Waals surface area contributed by atoms with Crippen molar-refractivity contribution in [1.82, 2.24) is 19.4 Å². The molecule has 0 fully saturated rings. The Morgan fingerprint density at radius 3 is 2.63 bits per heavy atom. The zero-order valence-electron chi connectivity index (χ0n) is 19.1. The first kappa shape index (κ1) is 21.2. The number of carbonyl (C=O) groups is 2. The molecule has 0 atom stereocenters. The minimum atomic E-state index is -0.955. The van der Waals surface area contributed by atoms with E-state index in [1.165, 1.54) is 0 Å². The summed E-state index contributed by atoms with van der Waals surface area (Å²) in [5, 5.41) is 10.3. The highest BCUT2D eigenvalue weighted by molar-refractivity contribution is 5.95. The average molecular weight is 465 g/mol. The van der Waals surface area contributed by atoms with Crippen LogP contribution in [-0.2, 0) is 30.7 Å². The highest BCUT2D eigenvalue weighted by Crippen LogP contribution is 2.29. The van der Waals surface area contributed by atoms with E-state index in [0.29, 0.717) is 25.9 Å². The molecule has 0 radical (unpaired) electrons. The zero-order valence-corrected chi connectivity index (χ0v) is 19.1. The number of rotatable bonds is 5. The normalized spacial score (nSPS) is 13.3. The van der Waals surface area contributed by atoms with Crippen LogP contribution in [0.3, 0.4) is 0 Å². The molecule has 0 aliphatic carbocycles. The van der Waals surface area contributed by atoms with Crippen molar-refractivity contribution in [2.75, 3.05) is 6.54 Å². The van der Waals surface area contributed by atoms with Crippen LogP contribution in [0.2, 0.25) is 0 Å². The third-order valence-corrected chi connectivity index (χ3v) is 6.81. The molecule has 0 bridgehead atoms. The van der Waals surface area contributed by atoms with Gasteiger partial charge < -0.3 is 19.6 Å². The van der Waals surface area contributed by atoms with E-state index in [4.69, 9.17) is 4.98 Å². The highest BCUT2D eigenvalue weighted by Gasteiger charge is 2.26. The first-order valence-electron chi connectivity index (χ1n) is 11.7. The van der Waals surface area contributed by atoms with Gasteiger partial charge in [-0.05, 0) is 35.9 Å². The molecule has 2 N–H and O–H groups in total. The number of benzene rings is 3. The molecule has 0 saturated heterocycles. The van der Waals surface area contributed by atoms with Crippen molar-refractivity contribution >= 4 is 33.8 Å². The Labute approximate surface area is 201 Å². The first-order valence-corrected chi connectivity index (χ1v) is 11.7. The van der Waals surface area contributed by atoms with E-state index in [1.54, 1.807) is 18.2 Å². The quantitative estimate of drug-likeness (QED) is 0.404. The van der Waals surface area contributed by atoms with Crippen LogP contribution >= 0.6 is 0 Å². The first-order chi connectivity index (χ1) is 17.1. The summed E-state index contributed by atoms with van der Waals surface area (Å²) < 4.78 is 2.03. The number of carboxylic acids is 1. The van der Waals surface area contributed by atoms with Gasteiger partial charge in [-0.3, -0.25) is 4.79 Å². The van der Waals surface area contributed by atoms with Gasteiger partial charge in [-0.2, -0.15) is 0 Å². The van der Waals surface area contributed by atoms with Crippen LogP contribution < -0.4 is 0 Å². The number of imidazole rings is 1. The molecule has 174 valence electrons. The number of aromatic amines is 1. The maximum atomic E-state index is 13.5. The molecule has 1 amide bonds. The van der Waals surface area contributed by atoms with Crippen molar-refractivity contribution in [3.8, 4) is 0 Å². The third kappa shape index (κ3) is 3.85. The average Bonchev–Trinajstić information content (AvgIpc) is 3.41. The molecule has 7 nitrogen and oxygen atoms in total. The van der Waals surface area contributed by atoms with Gasteiger partial charge in [-0.1, -0.05) is 42.5 Å². The van der Waals surface area contributed by atoms with E-state index < -0.39 is 5.97 Å². The molecule has 0 unspecified atom stereocenters. The van der Waals surface area contributed by atoms with Gasteiger partial charge in [0.25, 0.3) is 0 Å². The van der Waals surface area contributed by atoms with Crippen LogP contribution in [0.15, 0.2) is 72.8 Å². The standard InChI is InChI=1S/C28H24N4O3/c33-27(31-13-12-23-21(16-31)20-15-19(28(34)35)10-11-22(20)29-23)17-32-25-9-5-4-8-24(25)30-26(32)14-18-6-2-1-3-7-18/h1-11,15,29H,12-14,16-17H2,(H,34,35). The van der Waals surface area contributed by atoms with Crippen LogP contribution in [0.4, 0.5) is 0 Å². The molecule has 0 spiro atoms. The summed E-state index contributed by atoms with van der Waals surface area (Å²) >= 11 is 0. The minimum Gasteiger partial charge on any atom is -0.478 e. The predicted molar refractivity (Wildman–Crippen MR) is 133 cm³/mol.